The van der Waals surface area contributed by atoms with E-state index in [1.165, 1.54) is 11.3 Å². The van der Waals surface area contributed by atoms with E-state index in [2.05, 4.69) is 20.8 Å². The van der Waals surface area contributed by atoms with Crippen molar-refractivity contribution in [2.45, 2.75) is 58.6 Å². The molecule has 1 amide bonds. The van der Waals surface area contributed by atoms with Crippen LogP contribution < -0.4 is 0 Å². The lowest BCUT2D eigenvalue weighted by atomic mass is 9.75. The third-order valence-corrected chi connectivity index (χ3v) is 4.88. The van der Waals surface area contributed by atoms with Gasteiger partial charge >= 0.3 is 12.1 Å². The normalized spacial score (nSPS) is 32.9. The Morgan fingerprint density at radius 2 is 2.05 bits per heavy atom. The zero-order chi connectivity index (χ0) is 15.6. The highest BCUT2D eigenvalue weighted by molar-refractivity contribution is 5.82. The van der Waals surface area contributed by atoms with Crippen molar-refractivity contribution >= 4 is 12.1 Å². The Bertz CT molecular complexity index is 396. The number of cyclic esters (lactones) is 1. The topological polar surface area (TPSA) is 55.8 Å². The SMILES string of the molecule is CC(C)C1CC[C@@H](C)CC1OC(=O)N(C)[C@H]1CCOC1=O. The maximum Gasteiger partial charge on any atom is 0.410 e. The molecule has 21 heavy (non-hydrogen) atoms. The summed E-state index contributed by atoms with van der Waals surface area (Å²) in [6.45, 7) is 6.95. The van der Waals surface area contributed by atoms with Crippen LogP contribution in [0.4, 0.5) is 4.79 Å². The van der Waals surface area contributed by atoms with Crippen molar-refractivity contribution < 1.29 is 19.1 Å². The van der Waals surface area contributed by atoms with Gasteiger partial charge in [-0.3, -0.25) is 4.90 Å². The summed E-state index contributed by atoms with van der Waals surface area (Å²) in [7, 11) is 1.62. The van der Waals surface area contributed by atoms with Crippen molar-refractivity contribution in [1.29, 1.82) is 0 Å². The molecule has 4 atom stereocenters. The number of rotatable bonds is 3. The number of ether oxygens (including phenoxy) is 2. The number of hydrogen-bond acceptors (Lipinski definition) is 4. The average molecular weight is 297 g/mol. The van der Waals surface area contributed by atoms with E-state index < -0.39 is 12.1 Å². The molecule has 2 fully saturated rings. The number of amides is 1. The smallest absolute Gasteiger partial charge is 0.410 e. The molecule has 0 aromatic rings. The first-order valence-corrected chi connectivity index (χ1v) is 8.00. The lowest BCUT2D eigenvalue weighted by Crippen LogP contribution is -2.44. The molecule has 1 saturated heterocycles. The molecule has 1 aliphatic carbocycles. The first kappa shape index (κ1) is 16.1. The van der Waals surface area contributed by atoms with Crippen LogP contribution in [0.5, 0.6) is 0 Å². The maximum absolute atomic E-state index is 12.3. The molecule has 2 rings (SSSR count). The second-order valence-electron chi connectivity index (χ2n) is 6.83. The van der Waals surface area contributed by atoms with Crippen molar-refractivity contribution in [2.75, 3.05) is 13.7 Å². The second kappa shape index (κ2) is 6.67. The van der Waals surface area contributed by atoms with E-state index in [-0.39, 0.29) is 12.1 Å². The highest BCUT2D eigenvalue weighted by atomic mass is 16.6. The van der Waals surface area contributed by atoms with Gasteiger partial charge in [-0.05, 0) is 30.6 Å². The Labute approximate surface area is 127 Å². The Morgan fingerprint density at radius 1 is 1.33 bits per heavy atom. The van der Waals surface area contributed by atoms with Crippen LogP contribution in [0.15, 0.2) is 0 Å². The van der Waals surface area contributed by atoms with Crippen LogP contribution >= 0.6 is 0 Å². The molecule has 1 aliphatic heterocycles. The summed E-state index contributed by atoms with van der Waals surface area (Å²) in [5, 5.41) is 0. The van der Waals surface area contributed by atoms with Crippen molar-refractivity contribution in [3.63, 3.8) is 0 Å². The molecule has 0 spiro atoms. The Hall–Kier alpha value is -1.26. The molecule has 1 saturated carbocycles. The highest BCUT2D eigenvalue weighted by Gasteiger charge is 2.37. The minimum Gasteiger partial charge on any atom is -0.464 e. The van der Waals surface area contributed by atoms with Gasteiger partial charge in [-0.15, -0.1) is 0 Å². The number of likely N-dealkylation sites (N-methyl/N-ethyl adjacent to an activating group) is 1. The van der Waals surface area contributed by atoms with E-state index in [4.69, 9.17) is 9.47 Å². The van der Waals surface area contributed by atoms with Crippen LogP contribution in [-0.2, 0) is 14.3 Å². The maximum atomic E-state index is 12.3. The van der Waals surface area contributed by atoms with Gasteiger partial charge in [-0.2, -0.15) is 0 Å². The van der Waals surface area contributed by atoms with Crippen LogP contribution in [0.3, 0.4) is 0 Å². The quantitative estimate of drug-likeness (QED) is 0.752. The van der Waals surface area contributed by atoms with Gasteiger partial charge in [-0.1, -0.05) is 27.2 Å². The summed E-state index contributed by atoms with van der Waals surface area (Å²) in [5.41, 5.74) is 0. The fraction of sp³-hybridized carbons (Fsp3) is 0.875. The summed E-state index contributed by atoms with van der Waals surface area (Å²) in [6.07, 6.45) is 3.33. The Balaban J connectivity index is 1.97. The summed E-state index contributed by atoms with van der Waals surface area (Å²) < 4.78 is 10.7. The first-order valence-electron chi connectivity index (χ1n) is 8.00. The first-order chi connectivity index (χ1) is 9.90. The van der Waals surface area contributed by atoms with Crippen molar-refractivity contribution in [1.82, 2.24) is 4.90 Å². The van der Waals surface area contributed by atoms with Crippen LogP contribution in [0.2, 0.25) is 0 Å². The second-order valence-corrected chi connectivity index (χ2v) is 6.83. The number of esters is 1. The van der Waals surface area contributed by atoms with Gasteiger partial charge in [0.1, 0.15) is 12.1 Å². The van der Waals surface area contributed by atoms with E-state index in [1.807, 2.05) is 0 Å². The molecule has 5 heteroatoms. The third-order valence-electron chi connectivity index (χ3n) is 4.88. The number of carbonyl (C=O) groups excluding carboxylic acids is 2. The van der Waals surface area contributed by atoms with E-state index in [9.17, 15) is 9.59 Å². The zero-order valence-electron chi connectivity index (χ0n) is 13.5. The Morgan fingerprint density at radius 3 is 2.62 bits per heavy atom. The fourth-order valence-corrected chi connectivity index (χ4v) is 3.43. The van der Waals surface area contributed by atoms with Crippen molar-refractivity contribution in [3.8, 4) is 0 Å². The van der Waals surface area contributed by atoms with Gasteiger partial charge in [0.25, 0.3) is 0 Å². The molecule has 2 unspecified atom stereocenters. The van der Waals surface area contributed by atoms with E-state index in [0.29, 0.717) is 30.8 Å². The highest BCUT2D eigenvalue weighted by Crippen LogP contribution is 2.35. The van der Waals surface area contributed by atoms with Gasteiger partial charge in [0.2, 0.25) is 0 Å². The fourth-order valence-electron chi connectivity index (χ4n) is 3.43. The molecule has 0 aromatic heterocycles. The monoisotopic (exact) mass is 297 g/mol. The molecular weight excluding hydrogens is 270 g/mol. The minimum absolute atomic E-state index is 0.0406. The lowest BCUT2D eigenvalue weighted by molar-refractivity contribution is -0.141. The van der Waals surface area contributed by atoms with Crippen LogP contribution in [0, 0.1) is 17.8 Å². The van der Waals surface area contributed by atoms with Gasteiger partial charge in [0, 0.05) is 13.5 Å². The molecule has 0 aromatic carbocycles. The van der Waals surface area contributed by atoms with Crippen molar-refractivity contribution in [3.05, 3.63) is 0 Å². The predicted octanol–water partition coefficient (Wildman–Crippen LogP) is 2.83. The average Bonchev–Trinajstić information content (AvgIpc) is 2.83. The summed E-state index contributed by atoms with van der Waals surface area (Å²) in [4.78, 5) is 25.3. The van der Waals surface area contributed by atoms with Gasteiger partial charge < -0.3 is 9.47 Å². The summed E-state index contributed by atoms with van der Waals surface area (Å²) >= 11 is 0. The summed E-state index contributed by atoms with van der Waals surface area (Å²) in [6, 6.07) is -0.490. The molecule has 1 heterocycles. The largest absolute Gasteiger partial charge is 0.464 e. The zero-order valence-corrected chi connectivity index (χ0v) is 13.5. The van der Waals surface area contributed by atoms with Crippen LogP contribution in [-0.4, -0.2) is 42.8 Å². The third kappa shape index (κ3) is 3.69. The van der Waals surface area contributed by atoms with E-state index in [1.54, 1.807) is 7.05 Å². The minimum atomic E-state index is -0.490. The molecular formula is C16H27NO4. The van der Waals surface area contributed by atoms with Crippen LogP contribution in [0.25, 0.3) is 0 Å². The number of carbonyl (C=O) groups is 2. The van der Waals surface area contributed by atoms with Crippen LogP contribution in [0.1, 0.15) is 46.5 Å². The van der Waals surface area contributed by atoms with Gasteiger partial charge in [0.15, 0.2) is 0 Å². The molecule has 2 aliphatic rings. The van der Waals surface area contributed by atoms with Gasteiger partial charge in [-0.25, -0.2) is 9.59 Å². The number of nitrogens with zero attached hydrogens (tertiary/aromatic N) is 1. The summed E-state index contributed by atoms with van der Waals surface area (Å²) in [5.74, 6) is 1.16. The lowest BCUT2D eigenvalue weighted by Gasteiger charge is -2.37. The molecule has 5 nitrogen and oxygen atoms in total. The predicted molar refractivity (Wildman–Crippen MR) is 78.7 cm³/mol. The molecule has 0 bridgehead atoms. The molecule has 0 radical (unpaired) electrons. The van der Waals surface area contributed by atoms with E-state index in [0.717, 1.165) is 12.8 Å². The van der Waals surface area contributed by atoms with Crippen molar-refractivity contribution in [2.24, 2.45) is 17.8 Å². The van der Waals surface area contributed by atoms with Gasteiger partial charge in [0.05, 0.1) is 6.61 Å². The van der Waals surface area contributed by atoms with E-state index >= 15 is 0 Å². The molecule has 120 valence electrons. The number of hydrogen-bond donors (Lipinski definition) is 0. The Kier molecular flexibility index (Phi) is 5.12. The standard InChI is InChI=1S/C16H27NO4/c1-10(2)12-6-5-11(3)9-14(12)21-16(19)17(4)13-7-8-20-15(13)18/h10-14H,5-9H2,1-4H3/t11-,12?,13+,14?/m1/s1. The molecule has 0 N–H and O–H groups in total.